The molecule has 0 amide bonds. The molecule has 0 radical (unpaired) electrons. The van der Waals surface area contributed by atoms with Crippen LogP contribution in [-0.4, -0.2) is 37.3 Å². The number of methoxy groups -OCH3 is 2. The Hall–Kier alpha value is -0.620. The quantitative estimate of drug-likeness (QED) is 0.810. The van der Waals surface area contributed by atoms with Crippen LogP contribution in [0.25, 0.3) is 0 Å². The van der Waals surface area contributed by atoms with Crippen LogP contribution in [0.2, 0.25) is 10.3 Å². The van der Waals surface area contributed by atoms with E-state index in [4.69, 9.17) is 32.7 Å². The summed E-state index contributed by atoms with van der Waals surface area (Å²) in [5.74, 6) is 0. The van der Waals surface area contributed by atoms with Crippen molar-refractivity contribution in [2.24, 2.45) is 0 Å². The summed E-state index contributed by atoms with van der Waals surface area (Å²) in [4.78, 5) is 0. The van der Waals surface area contributed by atoms with Gasteiger partial charge in [-0.25, -0.2) is 0 Å². The topological polar surface area (TPSA) is 56.3 Å². The van der Waals surface area contributed by atoms with E-state index in [1.54, 1.807) is 20.3 Å². The van der Waals surface area contributed by atoms with Crippen molar-refractivity contribution >= 4 is 28.9 Å². The van der Waals surface area contributed by atoms with Crippen LogP contribution < -0.4 is 5.32 Å². The molecule has 0 saturated carbocycles. The van der Waals surface area contributed by atoms with Gasteiger partial charge in [-0.15, -0.1) is 10.2 Å². The highest BCUT2D eigenvalue weighted by Crippen LogP contribution is 2.20. The maximum absolute atomic E-state index is 5.79. The normalized spacial score (nSPS) is 10.7. The minimum atomic E-state index is -0.354. The van der Waals surface area contributed by atoms with Crippen LogP contribution in [0.1, 0.15) is 0 Å². The van der Waals surface area contributed by atoms with Gasteiger partial charge in [0.15, 0.2) is 16.6 Å². The molecule has 0 bridgehead atoms. The van der Waals surface area contributed by atoms with Gasteiger partial charge in [0.05, 0.1) is 12.2 Å². The first-order chi connectivity index (χ1) is 7.17. The lowest BCUT2D eigenvalue weighted by Gasteiger charge is -2.15. The first-order valence-corrected chi connectivity index (χ1v) is 4.91. The number of halogens is 2. The number of nitrogens with zero attached hydrogens (tertiary/aromatic N) is 2. The molecular weight excluding hydrogens is 241 g/mol. The van der Waals surface area contributed by atoms with Crippen molar-refractivity contribution in [1.29, 1.82) is 0 Å². The molecule has 0 aliphatic heterocycles. The van der Waals surface area contributed by atoms with Crippen molar-refractivity contribution in [2.45, 2.75) is 6.29 Å². The van der Waals surface area contributed by atoms with E-state index < -0.39 is 0 Å². The molecule has 0 aromatic carbocycles. The SMILES string of the molecule is COC(CNc1cc(Cl)nnc1Cl)OC. The van der Waals surface area contributed by atoms with Crippen LogP contribution >= 0.6 is 23.2 Å². The van der Waals surface area contributed by atoms with E-state index in [-0.39, 0.29) is 16.6 Å². The average molecular weight is 252 g/mol. The lowest BCUT2D eigenvalue weighted by molar-refractivity contribution is -0.0914. The molecule has 0 fully saturated rings. The first-order valence-electron chi connectivity index (χ1n) is 4.15. The molecule has 84 valence electrons. The molecular formula is C8H11Cl2N3O2. The number of hydrogen-bond acceptors (Lipinski definition) is 5. The molecule has 1 rings (SSSR count). The highest BCUT2D eigenvalue weighted by molar-refractivity contribution is 6.33. The molecule has 0 atom stereocenters. The number of anilines is 1. The van der Waals surface area contributed by atoms with Gasteiger partial charge < -0.3 is 14.8 Å². The van der Waals surface area contributed by atoms with Gasteiger partial charge in [0, 0.05) is 20.3 Å². The molecule has 7 heteroatoms. The number of hydrogen-bond donors (Lipinski definition) is 1. The summed E-state index contributed by atoms with van der Waals surface area (Å²) in [6.45, 7) is 0.439. The molecule has 0 aliphatic carbocycles. The van der Waals surface area contributed by atoms with Crippen LogP contribution in [0, 0.1) is 0 Å². The number of aromatic nitrogens is 2. The van der Waals surface area contributed by atoms with E-state index in [9.17, 15) is 0 Å². The molecule has 1 heterocycles. The summed E-state index contributed by atoms with van der Waals surface area (Å²) in [7, 11) is 3.10. The smallest absolute Gasteiger partial charge is 0.174 e. The third kappa shape index (κ3) is 3.79. The van der Waals surface area contributed by atoms with Crippen molar-refractivity contribution < 1.29 is 9.47 Å². The number of ether oxygens (including phenoxy) is 2. The number of nitrogens with one attached hydrogen (secondary N) is 1. The summed E-state index contributed by atoms with van der Waals surface area (Å²) < 4.78 is 9.99. The molecule has 1 aromatic heterocycles. The van der Waals surface area contributed by atoms with Crippen LogP contribution in [-0.2, 0) is 9.47 Å². The Bertz CT molecular complexity index is 321. The highest BCUT2D eigenvalue weighted by Gasteiger charge is 2.08. The zero-order valence-corrected chi connectivity index (χ0v) is 9.84. The molecule has 15 heavy (non-hydrogen) atoms. The van der Waals surface area contributed by atoms with Crippen molar-refractivity contribution in [3.8, 4) is 0 Å². The molecule has 5 nitrogen and oxygen atoms in total. The second-order valence-corrected chi connectivity index (χ2v) is 3.40. The molecule has 0 unspecified atom stereocenters. The highest BCUT2D eigenvalue weighted by atomic mass is 35.5. The minimum absolute atomic E-state index is 0.255. The third-order valence-corrected chi connectivity index (χ3v) is 2.17. The van der Waals surface area contributed by atoms with Crippen LogP contribution in [0.15, 0.2) is 6.07 Å². The van der Waals surface area contributed by atoms with Crippen molar-refractivity contribution in [3.05, 3.63) is 16.4 Å². The van der Waals surface area contributed by atoms with Crippen LogP contribution in [0.3, 0.4) is 0 Å². The molecule has 1 aromatic rings. The van der Waals surface area contributed by atoms with Crippen molar-refractivity contribution in [1.82, 2.24) is 10.2 Å². The lowest BCUT2D eigenvalue weighted by Crippen LogP contribution is -2.23. The monoisotopic (exact) mass is 251 g/mol. The van der Waals surface area contributed by atoms with Gasteiger partial charge in [-0.05, 0) is 0 Å². The van der Waals surface area contributed by atoms with Gasteiger partial charge >= 0.3 is 0 Å². The van der Waals surface area contributed by atoms with Crippen molar-refractivity contribution in [3.63, 3.8) is 0 Å². The third-order valence-electron chi connectivity index (χ3n) is 1.70. The van der Waals surface area contributed by atoms with Gasteiger partial charge in [0.25, 0.3) is 0 Å². The van der Waals surface area contributed by atoms with Crippen molar-refractivity contribution in [2.75, 3.05) is 26.1 Å². The van der Waals surface area contributed by atoms with Gasteiger partial charge in [-0.2, -0.15) is 0 Å². The minimum Gasteiger partial charge on any atom is -0.377 e. The van der Waals surface area contributed by atoms with Gasteiger partial charge in [-0.3, -0.25) is 0 Å². The summed E-state index contributed by atoms with van der Waals surface area (Å²) in [6.07, 6.45) is -0.354. The van der Waals surface area contributed by atoms with Gasteiger partial charge in [0.2, 0.25) is 0 Å². The Balaban J connectivity index is 2.60. The fourth-order valence-corrected chi connectivity index (χ4v) is 1.24. The Kier molecular flexibility index (Phi) is 5.04. The predicted octanol–water partition coefficient (Wildman–Crippen LogP) is 1.81. The van der Waals surface area contributed by atoms with E-state index in [2.05, 4.69) is 15.5 Å². The summed E-state index contributed by atoms with van der Waals surface area (Å²) in [6, 6.07) is 1.58. The molecule has 0 spiro atoms. The van der Waals surface area contributed by atoms with E-state index in [0.29, 0.717) is 12.2 Å². The number of rotatable bonds is 5. The fraction of sp³-hybridized carbons (Fsp3) is 0.500. The predicted molar refractivity (Wildman–Crippen MR) is 58.3 cm³/mol. The van der Waals surface area contributed by atoms with Gasteiger partial charge in [-0.1, -0.05) is 23.2 Å². The van der Waals surface area contributed by atoms with E-state index in [1.165, 1.54) is 0 Å². The lowest BCUT2D eigenvalue weighted by atomic mass is 10.4. The summed E-state index contributed by atoms with van der Waals surface area (Å²) in [5, 5.41) is 10.7. The Labute approximate surface area is 97.7 Å². The van der Waals surface area contributed by atoms with E-state index >= 15 is 0 Å². The second kappa shape index (κ2) is 6.07. The summed E-state index contributed by atoms with van der Waals surface area (Å²) >= 11 is 11.5. The van der Waals surface area contributed by atoms with Crippen LogP contribution in [0.4, 0.5) is 5.69 Å². The van der Waals surface area contributed by atoms with E-state index in [0.717, 1.165) is 0 Å². The zero-order chi connectivity index (χ0) is 11.3. The zero-order valence-electron chi connectivity index (χ0n) is 8.33. The van der Waals surface area contributed by atoms with Crippen LogP contribution in [0.5, 0.6) is 0 Å². The fourth-order valence-electron chi connectivity index (χ4n) is 0.933. The molecule has 0 aliphatic rings. The molecule has 0 saturated heterocycles. The van der Waals surface area contributed by atoms with Gasteiger partial charge in [0.1, 0.15) is 0 Å². The Morgan fingerprint density at radius 2 is 2.00 bits per heavy atom. The standard InChI is InChI=1S/C8H11Cl2N3O2/c1-14-7(15-2)4-11-5-3-6(9)12-13-8(5)10/h3,7H,4H2,1-2H3,(H,11,12). The second-order valence-electron chi connectivity index (χ2n) is 2.65. The Morgan fingerprint density at radius 1 is 1.33 bits per heavy atom. The first kappa shape index (κ1) is 12.4. The average Bonchev–Trinajstić information content (AvgIpc) is 2.24. The molecule has 1 N–H and O–H groups in total. The summed E-state index contributed by atoms with van der Waals surface area (Å²) in [5.41, 5.74) is 0.593. The maximum atomic E-state index is 5.79. The maximum Gasteiger partial charge on any atom is 0.174 e. The largest absolute Gasteiger partial charge is 0.377 e. The Morgan fingerprint density at radius 3 is 2.60 bits per heavy atom. The van der Waals surface area contributed by atoms with E-state index in [1.807, 2.05) is 0 Å².